The molecule has 2 saturated heterocycles. The summed E-state index contributed by atoms with van der Waals surface area (Å²) in [5, 5.41) is 3.68. The Morgan fingerprint density at radius 2 is 1.90 bits per heavy atom. The average Bonchev–Trinajstić information content (AvgIpc) is 3.07. The van der Waals surface area contributed by atoms with Gasteiger partial charge in [-0.2, -0.15) is 0 Å². The molecule has 3 aliphatic rings. The minimum Gasteiger partial charge on any atom is -0.321 e. The normalized spacial score (nSPS) is 36.7. The van der Waals surface area contributed by atoms with Crippen LogP contribution in [-0.4, -0.2) is 54.1 Å². The molecule has 114 valence electrons. The molecule has 0 bridgehead atoms. The van der Waals surface area contributed by atoms with Gasteiger partial charge in [-0.1, -0.05) is 26.7 Å². The van der Waals surface area contributed by atoms with E-state index in [0.29, 0.717) is 30.0 Å². The Bertz CT molecular complexity index is 365. The molecule has 0 aromatic rings. The van der Waals surface area contributed by atoms with E-state index in [1.807, 2.05) is 0 Å². The minimum atomic E-state index is 0.0338. The van der Waals surface area contributed by atoms with E-state index in [4.69, 9.17) is 0 Å². The van der Waals surface area contributed by atoms with Crippen LogP contribution in [-0.2, 0) is 4.79 Å². The molecule has 1 aliphatic carbocycles. The Kier molecular flexibility index (Phi) is 4.04. The van der Waals surface area contributed by atoms with E-state index in [1.165, 1.54) is 25.7 Å². The predicted molar refractivity (Wildman–Crippen MR) is 80.3 cm³/mol. The van der Waals surface area contributed by atoms with Gasteiger partial charge in [0.2, 0.25) is 5.91 Å². The zero-order valence-corrected chi connectivity index (χ0v) is 13.1. The molecule has 1 amide bonds. The number of amides is 1. The SMILES string of the molecule is CC(C)C1NC(C2CCCC2)N(C2CCN(C)C2)C1=O. The maximum atomic E-state index is 12.9. The third kappa shape index (κ3) is 2.48. The van der Waals surface area contributed by atoms with Crippen LogP contribution in [0.2, 0.25) is 0 Å². The van der Waals surface area contributed by atoms with Gasteiger partial charge in [-0.25, -0.2) is 0 Å². The monoisotopic (exact) mass is 279 g/mol. The Balaban J connectivity index is 1.80. The zero-order valence-electron chi connectivity index (χ0n) is 13.1. The first-order valence-electron chi connectivity index (χ1n) is 8.34. The lowest BCUT2D eigenvalue weighted by atomic mass is 10.0. The molecular weight excluding hydrogens is 250 g/mol. The third-order valence-electron chi connectivity index (χ3n) is 5.44. The van der Waals surface area contributed by atoms with Crippen LogP contribution >= 0.6 is 0 Å². The third-order valence-corrected chi connectivity index (χ3v) is 5.44. The van der Waals surface area contributed by atoms with Crippen molar-refractivity contribution in [1.29, 1.82) is 0 Å². The smallest absolute Gasteiger partial charge is 0.241 e. The second kappa shape index (κ2) is 5.64. The van der Waals surface area contributed by atoms with E-state index in [1.54, 1.807) is 0 Å². The fourth-order valence-electron chi connectivity index (χ4n) is 4.29. The maximum absolute atomic E-state index is 12.9. The molecule has 1 saturated carbocycles. The van der Waals surface area contributed by atoms with Gasteiger partial charge in [-0.15, -0.1) is 0 Å². The van der Waals surface area contributed by atoms with Crippen molar-refractivity contribution >= 4 is 5.91 Å². The standard InChI is InChI=1S/C16H29N3O/c1-11(2)14-16(20)19(13-8-9-18(3)10-13)15(17-14)12-6-4-5-7-12/h11-15,17H,4-10H2,1-3H3. The van der Waals surface area contributed by atoms with Crippen molar-refractivity contribution in [1.82, 2.24) is 15.1 Å². The van der Waals surface area contributed by atoms with E-state index in [-0.39, 0.29) is 6.04 Å². The number of likely N-dealkylation sites (tertiary alicyclic amines) is 1. The molecule has 0 aromatic heterocycles. The van der Waals surface area contributed by atoms with E-state index in [2.05, 4.69) is 36.0 Å². The van der Waals surface area contributed by atoms with Crippen molar-refractivity contribution in [3.05, 3.63) is 0 Å². The van der Waals surface area contributed by atoms with E-state index in [9.17, 15) is 4.79 Å². The van der Waals surface area contributed by atoms with Crippen LogP contribution in [0.5, 0.6) is 0 Å². The maximum Gasteiger partial charge on any atom is 0.241 e. The van der Waals surface area contributed by atoms with Gasteiger partial charge in [0.05, 0.1) is 12.2 Å². The molecule has 2 heterocycles. The summed E-state index contributed by atoms with van der Waals surface area (Å²) >= 11 is 0. The number of rotatable bonds is 3. The highest BCUT2D eigenvalue weighted by Gasteiger charge is 2.47. The number of hydrogen-bond donors (Lipinski definition) is 1. The van der Waals surface area contributed by atoms with Gasteiger partial charge < -0.3 is 9.80 Å². The van der Waals surface area contributed by atoms with Crippen molar-refractivity contribution in [3.8, 4) is 0 Å². The topological polar surface area (TPSA) is 35.6 Å². The summed E-state index contributed by atoms with van der Waals surface area (Å²) in [6.07, 6.45) is 6.68. The van der Waals surface area contributed by atoms with Crippen molar-refractivity contribution in [3.63, 3.8) is 0 Å². The van der Waals surface area contributed by atoms with Gasteiger partial charge in [-0.3, -0.25) is 10.1 Å². The molecule has 3 atom stereocenters. The van der Waals surface area contributed by atoms with Crippen molar-refractivity contribution in [2.75, 3.05) is 20.1 Å². The molecule has 0 aromatic carbocycles. The van der Waals surface area contributed by atoms with Crippen molar-refractivity contribution in [2.24, 2.45) is 11.8 Å². The first-order valence-corrected chi connectivity index (χ1v) is 8.34. The largest absolute Gasteiger partial charge is 0.321 e. The zero-order chi connectivity index (χ0) is 14.3. The fraction of sp³-hybridized carbons (Fsp3) is 0.938. The Hall–Kier alpha value is -0.610. The Morgan fingerprint density at radius 1 is 1.20 bits per heavy atom. The van der Waals surface area contributed by atoms with Crippen LogP contribution in [0.3, 0.4) is 0 Å². The second-order valence-electron chi connectivity index (χ2n) is 7.33. The van der Waals surface area contributed by atoms with Crippen LogP contribution in [0.15, 0.2) is 0 Å². The molecule has 4 nitrogen and oxygen atoms in total. The van der Waals surface area contributed by atoms with Gasteiger partial charge in [0.15, 0.2) is 0 Å². The summed E-state index contributed by atoms with van der Waals surface area (Å²) in [6, 6.07) is 0.459. The Labute approximate surface area is 122 Å². The van der Waals surface area contributed by atoms with E-state index in [0.717, 1.165) is 19.5 Å². The fourth-order valence-corrected chi connectivity index (χ4v) is 4.29. The van der Waals surface area contributed by atoms with Gasteiger partial charge >= 0.3 is 0 Å². The molecule has 0 spiro atoms. The number of carbonyl (C=O) groups excluding carboxylic acids is 1. The molecule has 1 N–H and O–H groups in total. The number of carbonyl (C=O) groups is 1. The highest BCUT2D eigenvalue weighted by molar-refractivity contribution is 5.85. The first-order chi connectivity index (χ1) is 9.58. The second-order valence-corrected chi connectivity index (χ2v) is 7.33. The summed E-state index contributed by atoms with van der Waals surface area (Å²) in [5.41, 5.74) is 0. The van der Waals surface area contributed by atoms with Crippen LogP contribution in [0, 0.1) is 11.8 Å². The molecule has 4 heteroatoms. The van der Waals surface area contributed by atoms with Gasteiger partial charge in [0, 0.05) is 12.6 Å². The number of hydrogen-bond acceptors (Lipinski definition) is 3. The van der Waals surface area contributed by atoms with Crippen molar-refractivity contribution < 1.29 is 4.79 Å². The number of nitrogens with one attached hydrogen (secondary N) is 1. The Morgan fingerprint density at radius 3 is 2.45 bits per heavy atom. The average molecular weight is 279 g/mol. The van der Waals surface area contributed by atoms with Crippen LogP contribution in [0.25, 0.3) is 0 Å². The first kappa shape index (κ1) is 14.3. The summed E-state index contributed by atoms with van der Waals surface area (Å²) in [7, 11) is 2.17. The summed E-state index contributed by atoms with van der Waals surface area (Å²) in [6.45, 7) is 6.48. The number of likely N-dealkylation sites (N-methyl/N-ethyl adjacent to an activating group) is 1. The quantitative estimate of drug-likeness (QED) is 0.853. The molecule has 0 radical (unpaired) electrons. The summed E-state index contributed by atoms with van der Waals surface area (Å²) in [5.74, 6) is 1.42. The number of nitrogens with zero attached hydrogens (tertiary/aromatic N) is 2. The van der Waals surface area contributed by atoms with Crippen LogP contribution in [0.1, 0.15) is 46.0 Å². The lowest BCUT2D eigenvalue weighted by Crippen LogP contribution is -2.48. The molecule has 3 rings (SSSR count). The van der Waals surface area contributed by atoms with Gasteiger partial charge in [-0.05, 0) is 44.7 Å². The highest BCUT2D eigenvalue weighted by Crippen LogP contribution is 2.35. The lowest BCUT2D eigenvalue weighted by molar-refractivity contribution is -0.133. The molecular formula is C16H29N3O. The van der Waals surface area contributed by atoms with Gasteiger partial charge in [0.25, 0.3) is 0 Å². The molecule has 20 heavy (non-hydrogen) atoms. The van der Waals surface area contributed by atoms with Crippen LogP contribution in [0.4, 0.5) is 0 Å². The minimum absolute atomic E-state index is 0.0338. The van der Waals surface area contributed by atoms with Crippen LogP contribution < -0.4 is 5.32 Å². The molecule has 3 unspecified atom stereocenters. The lowest BCUT2D eigenvalue weighted by Gasteiger charge is -2.33. The molecule has 3 fully saturated rings. The van der Waals surface area contributed by atoms with Gasteiger partial charge in [0.1, 0.15) is 0 Å². The van der Waals surface area contributed by atoms with E-state index < -0.39 is 0 Å². The van der Waals surface area contributed by atoms with E-state index >= 15 is 0 Å². The highest BCUT2D eigenvalue weighted by atomic mass is 16.2. The molecule has 2 aliphatic heterocycles. The van der Waals surface area contributed by atoms with Crippen molar-refractivity contribution in [2.45, 2.75) is 64.2 Å². The predicted octanol–water partition coefficient (Wildman–Crippen LogP) is 1.66. The summed E-state index contributed by atoms with van der Waals surface area (Å²) in [4.78, 5) is 17.4. The summed E-state index contributed by atoms with van der Waals surface area (Å²) < 4.78 is 0.